The Morgan fingerprint density at radius 2 is 2.00 bits per heavy atom. The number of hydrogen-bond donors (Lipinski definition) is 1. The lowest BCUT2D eigenvalue weighted by Crippen LogP contribution is -2.35. The number of sulfonamides is 1. The van der Waals surface area contributed by atoms with Crippen LogP contribution < -0.4 is 4.74 Å². The molecule has 8 heteroatoms. The van der Waals surface area contributed by atoms with E-state index in [9.17, 15) is 13.5 Å². The van der Waals surface area contributed by atoms with E-state index in [1.807, 2.05) is 0 Å². The second-order valence-corrected chi connectivity index (χ2v) is 10.8. The Morgan fingerprint density at radius 3 is 2.79 bits per heavy atom. The topological polar surface area (TPSA) is 70.1 Å². The van der Waals surface area contributed by atoms with E-state index >= 15 is 0 Å². The average Bonchev–Trinajstić information content (AvgIpc) is 3.35. The van der Waals surface area contributed by atoms with Crippen LogP contribution in [0.3, 0.4) is 0 Å². The summed E-state index contributed by atoms with van der Waals surface area (Å²) in [5, 5.41) is 11.1. The molecule has 1 aromatic carbocycles. The summed E-state index contributed by atoms with van der Waals surface area (Å²) in [4.78, 5) is 3.49. The van der Waals surface area contributed by atoms with Gasteiger partial charge in [0, 0.05) is 24.5 Å². The molecule has 1 fully saturated rings. The van der Waals surface area contributed by atoms with E-state index in [-0.39, 0.29) is 10.6 Å². The third-order valence-electron chi connectivity index (χ3n) is 5.70. The largest absolute Gasteiger partial charge is 0.506 e. The number of rotatable bonds is 7. The highest BCUT2D eigenvalue weighted by atomic mass is 32.2. The van der Waals surface area contributed by atoms with Crippen LogP contribution in [-0.2, 0) is 23.0 Å². The van der Waals surface area contributed by atoms with Crippen molar-refractivity contribution in [3.63, 3.8) is 0 Å². The molecule has 0 atom stereocenters. The quantitative estimate of drug-likeness (QED) is 0.674. The predicted octanol–water partition coefficient (Wildman–Crippen LogP) is 3.37. The second kappa shape index (κ2) is 8.63. The fourth-order valence-corrected chi connectivity index (χ4v) is 6.74. The average molecular weight is 437 g/mol. The Hall–Kier alpha value is -1.61. The van der Waals surface area contributed by atoms with E-state index < -0.39 is 10.0 Å². The maximum atomic E-state index is 13.0. The van der Waals surface area contributed by atoms with Gasteiger partial charge < -0.3 is 14.7 Å². The van der Waals surface area contributed by atoms with Crippen LogP contribution in [0.25, 0.3) is 0 Å². The van der Waals surface area contributed by atoms with Gasteiger partial charge in [-0.1, -0.05) is 12.1 Å². The summed E-state index contributed by atoms with van der Waals surface area (Å²) in [5.74, 6) is -0.161. The van der Waals surface area contributed by atoms with Crippen molar-refractivity contribution >= 4 is 21.4 Å². The van der Waals surface area contributed by atoms with Gasteiger partial charge in [0.1, 0.15) is 10.6 Å². The Balaban J connectivity index is 1.39. The number of ether oxygens (including phenoxy) is 1. The standard InChI is InChI=1S/C21H28N2O4S2/c1-16-6-4-7-19(21(16)24)29(25,26)23-12-8-17-14-20(28-18(17)15-23)27-13-5-11-22-9-2-3-10-22/h4,6-7,14,24H,2-3,5,8-13,15H2,1H3. The maximum Gasteiger partial charge on any atom is 0.247 e. The molecule has 0 unspecified atom stereocenters. The van der Waals surface area contributed by atoms with Gasteiger partial charge in [-0.3, -0.25) is 0 Å². The number of likely N-dealkylation sites (tertiary alicyclic amines) is 1. The number of fused-ring (bicyclic) bond motifs is 1. The van der Waals surface area contributed by atoms with Crippen molar-refractivity contribution in [3.8, 4) is 10.8 Å². The van der Waals surface area contributed by atoms with Crippen LogP contribution in [0.2, 0.25) is 0 Å². The molecule has 0 spiro atoms. The van der Waals surface area contributed by atoms with Crippen LogP contribution in [-0.4, -0.2) is 55.5 Å². The summed E-state index contributed by atoms with van der Waals surface area (Å²) >= 11 is 1.54. The van der Waals surface area contributed by atoms with Crippen molar-refractivity contribution in [2.24, 2.45) is 0 Å². The van der Waals surface area contributed by atoms with Gasteiger partial charge in [-0.25, -0.2) is 8.42 Å². The first-order valence-corrected chi connectivity index (χ1v) is 12.5. The summed E-state index contributed by atoms with van der Waals surface area (Å²) < 4.78 is 33.5. The summed E-state index contributed by atoms with van der Waals surface area (Å²) in [7, 11) is -3.74. The molecule has 0 saturated carbocycles. The van der Waals surface area contributed by atoms with Gasteiger partial charge in [-0.05, 0) is 69.0 Å². The molecular weight excluding hydrogens is 408 g/mol. The number of phenolic OH excluding ortho intramolecular Hbond substituents is 1. The summed E-state index contributed by atoms with van der Waals surface area (Å²) in [5.41, 5.74) is 1.73. The molecule has 0 amide bonds. The molecule has 0 radical (unpaired) electrons. The molecule has 158 valence electrons. The molecule has 2 aromatic rings. The minimum absolute atomic E-state index is 0.0177. The number of benzene rings is 1. The van der Waals surface area contributed by atoms with Crippen molar-refractivity contribution in [1.29, 1.82) is 0 Å². The number of para-hydroxylation sites is 1. The molecule has 0 aliphatic carbocycles. The van der Waals surface area contributed by atoms with Crippen LogP contribution >= 0.6 is 11.3 Å². The van der Waals surface area contributed by atoms with E-state index in [1.165, 1.54) is 53.2 Å². The molecule has 29 heavy (non-hydrogen) atoms. The first-order chi connectivity index (χ1) is 13.9. The number of aromatic hydroxyl groups is 1. The van der Waals surface area contributed by atoms with Gasteiger partial charge in [0.2, 0.25) is 10.0 Å². The van der Waals surface area contributed by atoms with Crippen molar-refractivity contribution < 1.29 is 18.3 Å². The highest BCUT2D eigenvalue weighted by Crippen LogP contribution is 2.37. The van der Waals surface area contributed by atoms with E-state index in [0.717, 1.165) is 22.9 Å². The number of nitrogens with zero attached hydrogens (tertiary/aromatic N) is 2. The van der Waals surface area contributed by atoms with Gasteiger partial charge in [0.05, 0.1) is 6.61 Å². The zero-order valence-electron chi connectivity index (χ0n) is 16.8. The SMILES string of the molecule is Cc1cccc(S(=O)(=O)N2CCc3cc(OCCCN4CCCC4)sc3C2)c1O. The molecule has 2 aliphatic rings. The normalized spacial score (nSPS) is 18.1. The lowest BCUT2D eigenvalue weighted by atomic mass is 10.1. The van der Waals surface area contributed by atoms with Crippen LogP contribution in [0.1, 0.15) is 35.3 Å². The molecule has 1 aromatic heterocycles. The number of phenols is 1. The summed E-state index contributed by atoms with van der Waals surface area (Å²) in [6.07, 6.45) is 4.28. The van der Waals surface area contributed by atoms with Crippen molar-refractivity contribution in [2.75, 3.05) is 32.8 Å². The zero-order chi connectivity index (χ0) is 20.4. The smallest absolute Gasteiger partial charge is 0.247 e. The van der Waals surface area contributed by atoms with Crippen LogP contribution in [0.4, 0.5) is 0 Å². The monoisotopic (exact) mass is 436 g/mol. The minimum Gasteiger partial charge on any atom is -0.506 e. The summed E-state index contributed by atoms with van der Waals surface area (Å²) in [6.45, 7) is 6.62. The highest BCUT2D eigenvalue weighted by molar-refractivity contribution is 7.89. The molecule has 2 aliphatic heterocycles. The molecule has 6 nitrogen and oxygen atoms in total. The molecule has 3 heterocycles. The third kappa shape index (κ3) is 4.45. The lowest BCUT2D eigenvalue weighted by Gasteiger charge is -2.26. The Kier molecular flexibility index (Phi) is 6.15. The first-order valence-electron chi connectivity index (χ1n) is 10.2. The van der Waals surface area contributed by atoms with Gasteiger partial charge in [0.15, 0.2) is 5.06 Å². The van der Waals surface area contributed by atoms with Crippen LogP contribution in [0.5, 0.6) is 10.8 Å². The predicted molar refractivity (Wildman–Crippen MR) is 114 cm³/mol. The van der Waals surface area contributed by atoms with Crippen molar-refractivity contribution in [3.05, 3.63) is 40.3 Å². The molecule has 1 N–H and O–H groups in total. The maximum absolute atomic E-state index is 13.0. The fraction of sp³-hybridized carbons (Fsp3) is 0.524. The van der Waals surface area contributed by atoms with Crippen LogP contribution in [0.15, 0.2) is 29.2 Å². The minimum atomic E-state index is -3.74. The Labute approximate surface area is 176 Å². The van der Waals surface area contributed by atoms with E-state index in [4.69, 9.17) is 4.74 Å². The third-order valence-corrected chi connectivity index (χ3v) is 8.66. The number of aryl methyl sites for hydroxylation is 1. The van der Waals surface area contributed by atoms with E-state index in [1.54, 1.807) is 19.1 Å². The first kappa shape index (κ1) is 20.7. The second-order valence-electron chi connectivity index (χ2n) is 7.77. The molecular formula is C21H28N2O4S2. The van der Waals surface area contributed by atoms with Crippen LogP contribution in [0, 0.1) is 6.92 Å². The van der Waals surface area contributed by atoms with Crippen molar-refractivity contribution in [1.82, 2.24) is 9.21 Å². The number of hydrogen-bond acceptors (Lipinski definition) is 6. The molecule has 0 bridgehead atoms. The fourth-order valence-electron chi connectivity index (χ4n) is 3.99. The Morgan fingerprint density at radius 1 is 1.21 bits per heavy atom. The summed E-state index contributed by atoms with van der Waals surface area (Å²) in [6, 6.07) is 6.90. The zero-order valence-corrected chi connectivity index (χ0v) is 18.4. The van der Waals surface area contributed by atoms with Gasteiger partial charge in [-0.15, -0.1) is 11.3 Å². The van der Waals surface area contributed by atoms with Gasteiger partial charge in [0.25, 0.3) is 0 Å². The molecule has 4 rings (SSSR count). The van der Waals surface area contributed by atoms with E-state index in [0.29, 0.717) is 31.7 Å². The highest BCUT2D eigenvalue weighted by Gasteiger charge is 2.32. The van der Waals surface area contributed by atoms with E-state index in [2.05, 4.69) is 11.0 Å². The van der Waals surface area contributed by atoms with Crippen molar-refractivity contribution in [2.45, 2.75) is 44.0 Å². The lowest BCUT2D eigenvalue weighted by molar-refractivity contribution is 0.268. The van der Waals surface area contributed by atoms with Gasteiger partial charge >= 0.3 is 0 Å². The van der Waals surface area contributed by atoms with Gasteiger partial charge in [-0.2, -0.15) is 4.31 Å². The number of thiophene rings is 1. The Bertz CT molecular complexity index is 965. The molecule has 1 saturated heterocycles.